The number of fused-ring (bicyclic) bond motifs is 1. The molecule has 0 aliphatic rings. The van der Waals surface area contributed by atoms with E-state index in [4.69, 9.17) is 16.7 Å². The van der Waals surface area contributed by atoms with Crippen molar-refractivity contribution in [1.29, 1.82) is 0 Å². The van der Waals surface area contributed by atoms with Gasteiger partial charge in [0.1, 0.15) is 0 Å². The number of rotatable bonds is 3. The van der Waals surface area contributed by atoms with Gasteiger partial charge >= 0.3 is 0 Å². The second-order valence-electron chi connectivity index (χ2n) is 4.19. The normalized spacial score (nSPS) is 11.1. The number of nitrogens with zero attached hydrogens (tertiary/aromatic N) is 3. The maximum absolute atomic E-state index is 9.14. The number of aliphatic hydroxyl groups is 1. The fourth-order valence-electron chi connectivity index (χ4n) is 2.23. The van der Waals surface area contributed by atoms with Crippen LogP contribution in [0.15, 0.2) is 42.7 Å². The van der Waals surface area contributed by atoms with Crippen molar-refractivity contribution in [3.63, 3.8) is 0 Å². The predicted octanol–water partition coefficient (Wildman–Crippen LogP) is 2.74. The maximum Gasteiger partial charge on any atom is 0.222 e. The third kappa shape index (κ3) is 2.20. The van der Waals surface area contributed by atoms with Crippen LogP contribution in [0.5, 0.6) is 0 Å². The van der Waals surface area contributed by atoms with Gasteiger partial charge in [0.2, 0.25) is 5.28 Å². The Morgan fingerprint density at radius 2 is 2.05 bits per heavy atom. The van der Waals surface area contributed by atoms with E-state index in [9.17, 15) is 0 Å². The Balaban J connectivity index is 2.23. The van der Waals surface area contributed by atoms with E-state index in [1.165, 1.54) is 0 Å². The number of aliphatic hydroxyl groups excluding tert-OH is 1. The van der Waals surface area contributed by atoms with Crippen molar-refractivity contribution in [3.05, 3.63) is 48.0 Å². The number of aromatic nitrogens is 3. The number of halogens is 1. The minimum atomic E-state index is 0.0998. The molecule has 1 N–H and O–H groups in total. The molecule has 0 saturated carbocycles. The van der Waals surface area contributed by atoms with Crippen LogP contribution in [-0.2, 0) is 6.54 Å². The highest BCUT2D eigenvalue weighted by molar-refractivity contribution is 6.28. The number of hydrogen-bond acceptors (Lipinski definition) is 3. The van der Waals surface area contributed by atoms with Gasteiger partial charge in [-0.15, -0.1) is 0 Å². The van der Waals surface area contributed by atoms with Crippen molar-refractivity contribution in [2.75, 3.05) is 6.61 Å². The molecular weight excluding hydrogens is 262 g/mol. The van der Waals surface area contributed by atoms with Crippen molar-refractivity contribution in [1.82, 2.24) is 14.5 Å². The quantitative estimate of drug-likeness (QED) is 0.747. The molecule has 2 heterocycles. The third-order valence-corrected chi connectivity index (χ3v) is 3.21. The zero-order valence-electron chi connectivity index (χ0n) is 10.1. The Bertz CT molecular complexity index is 724. The molecule has 19 heavy (non-hydrogen) atoms. The van der Waals surface area contributed by atoms with Gasteiger partial charge in [0.15, 0.2) is 0 Å². The third-order valence-electron chi connectivity index (χ3n) is 3.03. The lowest BCUT2D eigenvalue weighted by molar-refractivity contribution is 0.278. The van der Waals surface area contributed by atoms with E-state index < -0.39 is 0 Å². The van der Waals surface area contributed by atoms with Crippen molar-refractivity contribution < 1.29 is 5.11 Å². The van der Waals surface area contributed by atoms with Crippen LogP contribution in [0.2, 0.25) is 5.28 Å². The largest absolute Gasteiger partial charge is 0.395 e. The summed E-state index contributed by atoms with van der Waals surface area (Å²) in [4.78, 5) is 8.14. The standard InChI is InChI=1S/C14H12ClN3O/c15-14-16-6-5-12(17-14)11-9-18(7-8-19)13-4-2-1-3-10(11)13/h1-6,9,19H,7-8H2. The molecule has 1 aromatic carbocycles. The monoisotopic (exact) mass is 273 g/mol. The summed E-state index contributed by atoms with van der Waals surface area (Å²) in [6.07, 6.45) is 3.63. The SMILES string of the molecule is OCCn1cc(-c2ccnc(Cl)n2)c2ccccc21. The molecule has 5 heteroatoms. The summed E-state index contributed by atoms with van der Waals surface area (Å²) in [7, 11) is 0. The van der Waals surface area contributed by atoms with Gasteiger partial charge in [-0.05, 0) is 23.7 Å². The molecule has 0 unspecified atom stereocenters. The summed E-state index contributed by atoms with van der Waals surface area (Å²) >= 11 is 5.84. The number of para-hydroxylation sites is 1. The first-order chi connectivity index (χ1) is 9.29. The van der Waals surface area contributed by atoms with E-state index in [2.05, 4.69) is 9.97 Å². The summed E-state index contributed by atoms with van der Waals surface area (Å²) in [5.74, 6) is 0. The molecule has 0 fully saturated rings. The van der Waals surface area contributed by atoms with Gasteiger partial charge < -0.3 is 9.67 Å². The molecular formula is C14H12ClN3O. The van der Waals surface area contributed by atoms with Gasteiger partial charge in [-0.25, -0.2) is 9.97 Å². The Morgan fingerprint density at radius 3 is 2.84 bits per heavy atom. The van der Waals surface area contributed by atoms with Crippen molar-refractivity contribution in [2.45, 2.75) is 6.54 Å². The zero-order valence-corrected chi connectivity index (χ0v) is 10.9. The highest BCUT2D eigenvalue weighted by Gasteiger charge is 2.11. The molecule has 3 rings (SSSR count). The number of benzene rings is 1. The summed E-state index contributed by atoms with van der Waals surface area (Å²) in [6.45, 7) is 0.655. The van der Waals surface area contributed by atoms with Crippen LogP contribution in [0.1, 0.15) is 0 Å². The summed E-state index contributed by atoms with van der Waals surface area (Å²) in [5, 5.41) is 10.5. The zero-order chi connectivity index (χ0) is 13.2. The average molecular weight is 274 g/mol. The van der Waals surface area contributed by atoms with E-state index >= 15 is 0 Å². The first-order valence-electron chi connectivity index (χ1n) is 5.97. The average Bonchev–Trinajstić information content (AvgIpc) is 2.79. The van der Waals surface area contributed by atoms with E-state index in [1.54, 1.807) is 6.20 Å². The topological polar surface area (TPSA) is 50.9 Å². The van der Waals surface area contributed by atoms with Gasteiger partial charge in [-0.2, -0.15) is 0 Å². The van der Waals surface area contributed by atoms with Crippen molar-refractivity contribution in [2.24, 2.45) is 0 Å². The minimum Gasteiger partial charge on any atom is -0.395 e. The Hall–Kier alpha value is -1.91. The van der Waals surface area contributed by atoms with Crippen LogP contribution in [0.3, 0.4) is 0 Å². The fourth-order valence-corrected chi connectivity index (χ4v) is 2.38. The van der Waals surface area contributed by atoms with Crippen LogP contribution in [0, 0.1) is 0 Å². The molecule has 0 aliphatic carbocycles. The second kappa shape index (κ2) is 4.99. The van der Waals surface area contributed by atoms with E-state index in [1.807, 2.05) is 41.1 Å². The fraction of sp³-hybridized carbons (Fsp3) is 0.143. The molecule has 2 aromatic heterocycles. The van der Waals surface area contributed by atoms with Crippen LogP contribution in [0.25, 0.3) is 22.2 Å². The van der Waals surface area contributed by atoms with Gasteiger partial charge in [0, 0.05) is 35.4 Å². The Labute approximate surface area is 115 Å². The second-order valence-corrected chi connectivity index (χ2v) is 4.53. The summed E-state index contributed by atoms with van der Waals surface area (Å²) < 4.78 is 2.01. The molecule has 4 nitrogen and oxygen atoms in total. The molecule has 96 valence electrons. The molecule has 0 atom stereocenters. The van der Waals surface area contributed by atoms with E-state index in [-0.39, 0.29) is 11.9 Å². The van der Waals surface area contributed by atoms with E-state index in [0.29, 0.717) is 6.54 Å². The predicted molar refractivity (Wildman–Crippen MR) is 75.1 cm³/mol. The minimum absolute atomic E-state index is 0.0998. The Morgan fingerprint density at radius 1 is 1.21 bits per heavy atom. The molecule has 3 aromatic rings. The molecule has 0 bridgehead atoms. The lowest BCUT2D eigenvalue weighted by Crippen LogP contribution is -1.99. The summed E-state index contributed by atoms with van der Waals surface area (Å²) in [6, 6.07) is 9.85. The van der Waals surface area contributed by atoms with Crippen LogP contribution in [-0.4, -0.2) is 26.2 Å². The molecule has 0 aliphatic heterocycles. The molecule has 0 saturated heterocycles. The van der Waals surface area contributed by atoms with E-state index in [0.717, 1.165) is 22.2 Å². The molecule has 0 amide bonds. The molecule has 0 spiro atoms. The molecule has 0 radical (unpaired) electrons. The van der Waals surface area contributed by atoms with Crippen molar-refractivity contribution in [3.8, 4) is 11.3 Å². The van der Waals surface area contributed by atoms with Gasteiger partial charge in [0.05, 0.1) is 12.3 Å². The number of hydrogen-bond donors (Lipinski definition) is 1. The van der Waals surface area contributed by atoms with Gasteiger partial charge in [0.25, 0.3) is 0 Å². The van der Waals surface area contributed by atoms with Gasteiger partial charge in [-0.1, -0.05) is 18.2 Å². The van der Waals surface area contributed by atoms with Crippen LogP contribution < -0.4 is 0 Å². The highest BCUT2D eigenvalue weighted by Crippen LogP contribution is 2.29. The van der Waals surface area contributed by atoms with Crippen molar-refractivity contribution >= 4 is 22.5 Å². The van der Waals surface area contributed by atoms with Crippen LogP contribution >= 0.6 is 11.6 Å². The first-order valence-corrected chi connectivity index (χ1v) is 6.35. The van der Waals surface area contributed by atoms with Gasteiger partial charge in [-0.3, -0.25) is 0 Å². The first kappa shape index (κ1) is 12.1. The highest BCUT2D eigenvalue weighted by atomic mass is 35.5. The summed E-state index contributed by atoms with van der Waals surface area (Å²) in [5.41, 5.74) is 2.85. The smallest absolute Gasteiger partial charge is 0.222 e. The maximum atomic E-state index is 9.14. The lowest BCUT2D eigenvalue weighted by atomic mass is 10.1. The lowest BCUT2D eigenvalue weighted by Gasteiger charge is -2.00. The Kier molecular flexibility index (Phi) is 3.19. The van der Waals surface area contributed by atoms with Crippen LogP contribution in [0.4, 0.5) is 0 Å².